The summed E-state index contributed by atoms with van der Waals surface area (Å²) in [6.45, 7) is 8.56. The molecule has 2 amide bonds. The molecular weight excluding hydrogens is 767 g/mol. The largest absolute Gasteiger partial charge is 0.483 e. The number of aromatic nitrogens is 3. The Kier molecular flexibility index (Phi) is 14.2. The van der Waals surface area contributed by atoms with Crippen LogP contribution in [0.4, 0.5) is 20.6 Å². The number of nitrogens with one attached hydrogen (secondary N) is 3. The van der Waals surface area contributed by atoms with Gasteiger partial charge in [-0.05, 0) is 72.5 Å². The molecule has 4 N–H and O–H groups in total. The molecule has 0 bridgehead atoms. The molecule has 3 aromatic carbocycles. The summed E-state index contributed by atoms with van der Waals surface area (Å²) >= 11 is 0. The van der Waals surface area contributed by atoms with Gasteiger partial charge in [0.05, 0.1) is 16.5 Å². The van der Waals surface area contributed by atoms with E-state index in [1.54, 1.807) is 75.7 Å². The average Bonchev–Trinajstić information content (AvgIpc) is 3.54. The monoisotopic (exact) mass is 810 g/mol. The van der Waals surface area contributed by atoms with Crippen molar-refractivity contribution in [2.75, 3.05) is 16.9 Å². The van der Waals surface area contributed by atoms with Gasteiger partial charge in [-0.3, -0.25) is 20.2 Å². The summed E-state index contributed by atoms with van der Waals surface area (Å²) in [6.07, 6.45) is 0.958. The Morgan fingerprint density at radius 3 is 2.14 bits per heavy atom. The molecule has 2 heterocycles. The Morgan fingerprint density at radius 2 is 1.54 bits per heavy atom. The Labute approximate surface area is 330 Å². The van der Waals surface area contributed by atoms with Crippen molar-refractivity contribution < 1.29 is 41.8 Å². The number of rotatable bonds is 15. The van der Waals surface area contributed by atoms with Gasteiger partial charge in [-0.1, -0.05) is 52.0 Å². The maximum Gasteiger partial charge on any atom is 0.413 e. The number of benzene rings is 3. The number of carboxylic acid groups (broad SMARTS) is 1. The number of aliphatic carboxylic acids is 1. The predicted octanol–water partition coefficient (Wildman–Crippen LogP) is 6.91. The van der Waals surface area contributed by atoms with E-state index >= 15 is 0 Å². The van der Waals surface area contributed by atoms with Gasteiger partial charge in [-0.25, -0.2) is 27.1 Å². The third kappa shape index (κ3) is 11.0. The number of halogens is 2. The minimum absolute atomic E-state index is 0. The first-order chi connectivity index (χ1) is 26.0. The number of carbonyl (C=O) groups excluding carboxylic acids is 2. The molecule has 0 spiro atoms. The van der Waals surface area contributed by atoms with Crippen molar-refractivity contribution in [1.29, 1.82) is 0 Å². The molecule has 2 aromatic heterocycles. The molecule has 5 aromatic rings. The number of sulfone groups is 1. The summed E-state index contributed by atoms with van der Waals surface area (Å²) in [6, 6.07) is 19.7. The smallest absolute Gasteiger partial charge is 0.413 e. The van der Waals surface area contributed by atoms with Gasteiger partial charge in [-0.15, -0.1) is 17.5 Å². The van der Waals surface area contributed by atoms with Crippen LogP contribution in [0.3, 0.4) is 0 Å². The zero-order valence-electron chi connectivity index (χ0n) is 31.5. The second-order valence-corrected chi connectivity index (χ2v) is 15.7. The first-order valence-corrected chi connectivity index (χ1v) is 19.3. The number of carboxylic acids is 1. The van der Waals surface area contributed by atoms with Gasteiger partial charge in [0.15, 0.2) is 27.5 Å². The fraction of sp³-hybridized carbons (Fsp3) is 0.308. The van der Waals surface area contributed by atoms with Crippen molar-refractivity contribution in [3.05, 3.63) is 102 Å². The molecule has 0 fully saturated rings. The third-order valence-corrected chi connectivity index (χ3v) is 9.82. The molecule has 0 aliphatic rings. The van der Waals surface area contributed by atoms with Gasteiger partial charge in [-0.2, -0.15) is 0 Å². The van der Waals surface area contributed by atoms with E-state index < -0.39 is 40.1 Å². The highest BCUT2D eigenvalue weighted by atomic mass is 35.5. The third-order valence-electron chi connectivity index (χ3n) is 8.71. The zero-order chi connectivity index (χ0) is 40.0. The van der Waals surface area contributed by atoms with Crippen LogP contribution < -0.4 is 20.7 Å². The first-order valence-electron chi connectivity index (χ1n) is 17.4. The molecule has 0 radical (unpaired) electrons. The first kappa shape index (κ1) is 43.2. The lowest BCUT2D eigenvalue weighted by molar-refractivity contribution is -0.142. The van der Waals surface area contributed by atoms with Crippen LogP contribution in [0.25, 0.3) is 16.8 Å². The van der Waals surface area contributed by atoms with Crippen molar-refractivity contribution >= 4 is 57.2 Å². The van der Waals surface area contributed by atoms with E-state index in [2.05, 4.69) is 26.0 Å². The fourth-order valence-electron chi connectivity index (χ4n) is 5.50. The van der Waals surface area contributed by atoms with E-state index in [-0.39, 0.29) is 64.7 Å². The van der Waals surface area contributed by atoms with Crippen molar-refractivity contribution in [3.8, 4) is 16.9 Å². The van der Waals surface area contributed by atoms with E-state index in [4.69, 9.17) is 9.47 Å². The highest BCUT2D eigenvalue weighted by Gasteiger charge is 2.29. The van der Waals surface area contributed by atoms with E-state index in [9.17, 15) is 32.3 Å². The van der Waals surface area contributed by atoms with Gasteiger partial charge in [0, 0.05) is 35.7 Å². The van der Waals surface area contributed by atoms with Crippen molar-refractivity contribution in [1.82, 2.24) is 19.9 Å². The molecule has 3 atom stereocenters. The molecule has 56 heavy (non-hydrogen) atoms. The summed E-state index contributed by atoms with van der Waals surface area (Å²) in [5.74, 6) is -2.45. The predicted molar refractivity (Wildman–Crippen MR) is 211 cm³/mol. The van der Waals surface area contributed by atoms with E-state index in [0.29, 0.717) is 16.9 Å². The van der Waals surface area contributed by atoms with Crippen LogP contribution in [-0.2, 0) is 30.8 Å². The number of hydrogen-bond donors (Lipinski definition) is 4. The van der Waals surface area contributed by atoms with Crippen LogP contribution in [0.15, 0.2) is 90.0 Å². The molecule has 1 unspecified atom stereocenters. The number of ether oxygens (including phenoxy) is 2. The summed E-state index contributed by atoms with van der Waals surface area (Å²) in [5, 5.41) is 22.4. The lowest BCUT2D eigenvalue weighted by atomic mass is 10.00. The van der Waals surface area contributed by atoms with Crippen LogP contribution in [-0.4, -0.2) is 64.6 Å². The van der Waals surface area contributed by atoms with Gasteiger partial charge in [0.1, 0.15) is 24.2 Å². The normalized spacial score (nSPS) is 13.1. The van der Waals surface area contributed by atoms with E-state index in [0.717, 1.165) is 17.4 Å². The number of carbonyl (C=O) groups is 3. The number of amides is 2. The second-order valence-electron chi connectivity index (χ2n) is 13.7. The summed E-state index contributed by atoms with van der Waals surface area (Å²) in [7, 11) is -3.65. The maximum atomic E-state index is 13.3. The lowest BCUT2D eigenvalue weighted by Gasteiger charge is -2.28. The molecule has 0 aliphatic carbocycles. The Hall–Kier alpha value is -5.58. The summed E-state index contributed by atoms with van der Waals surface area (Å²) in [4.78, 5) is 42.0. The van der Waals surface area contributed by atoms with Crippen LogP contribution in [0.5, 0.6) is 5.75 Å². The van der Waals surface area contributed by atoms with E-state index in [1.807, 2.05) is 18.2 Å². The van der Waals surface area contributed by atoms with Gasteiger partial charge in [0.25, 0.3) is 0 Å². The zero-order valence-corrected chi connectivity index (χ0v) is 33.2. The number of hydrogen-bond acceptors (Lipinski definition) is 10. The minimum atomic E-state index is -3.65. The standard InChI is InChI=1S/C39H43FN6O8S.ClH/c1-22(2)35(38(48)49)44-37(23(3)4)54-39(50)42-31-17-16-30(55(6,51)52)19-32(31)53-21-33-43-34-18-11-27(20-46(34)45-33)26-9-14-29(15-10-26)41-36(47)24(5)25-7-12-28(40)13-8-25;/h7-20,22-24,35,37,44H,21H2,1-6H3,(H,41,47)(H,42,50)(H,48,49);1H/t24-,35+,37?;/m1./s1. The topological polar surface area (TPSA) is 190 Å². The van der Waals surface area contributed by atoms with Gasteiger partial charge >= 0.3 is 12.1 Å². The second kappa shape index (κ2) is 18.4. The molecule has 17 heteroatoms. The number of fused-ring (bicyclic) bond motifs is 1. The number of nitrogens with zero attached hydrogens (tertiary/aromatic N) is 3. The SMILES string of the molecule is CC(C)C(N[C@H](C(=O)O)C(C)C)OC(=O)Nc1ccc(S(C)(=O)=O)cc1OCc1nc2ccc(-c3ccc(NC(=O)[C@H](C)c4ccc(F)cc4)cc3)cn2n1.Cl. The van der Waals surface area contributed by atoms with Crippen LogP contribution in [0.2, 0.25) is 0 Å². The summed E-state index contributed by atoms with van der Waals surface area (Å²) < 4.78 is 51.1. The molecular formula is C39H44ClFN6O8S. The van der Waals surface area contributed by atoms with Crippen molar-refractivity contribution in [2.45, 2.75) is 64.3 Å². The van der Waals surface area contributed by atoms with Crippen LogP contribution in [0.1, 0.15) is 51.9 Å². The average molecular weight is 811 g/mol. The quantitative estimate of drug-likeness (QED) is 0.0804. The molecule has 0 aliphatic heterocycles. The molecule has 298 valence electrons. The van der Waals surface area contributed by atoms with Crippen LogP contribution >= 0.6 is 12.4 Å². The maximum absolute atomic E-state index is 13.3. The highest BCUT2D eigenvalue weighted by molar-refractivity contribution is 7.90. The van der Waals surface area contributed by atoms with Crippen LogP contribution in [0, 0.1) is 17.7 Å². The van der Waals surface area contributed by atoms with Gasteiger partial charge in [0.2, 0.25) is 5.91 Å². The Balaban J connectivity index is 0.00000696. The van der Waals surface area contributed by atoms with Crippen molar-refractivity contribution in [2.24, 2.45) is 11.8 Å². The number of pyridine rings is 1. The molecule has 0 saturated carbocycles. The summed E-state index contributed by atoms with van der Waals surface area (Å²) in [5.41, 5.74) is 3.57. The van der Waals surface area contributed by atoms with Crippen molar-refractivity contribution in [3.63, 3.8) is 0 Å². The number of anilines is 2. The molecule has 0 saturated heterocycles. The molecule has 5 rings (SSSR count). The highest BCUT2D eigenvalue weighted by Crippen LogP contribution is 2.30. The Morgan fingerprint density at radius 1 is 0.875 bits per heavy atom. The van der Waals surface area contributed by atoms with E-state index in [1.165, 1.54) is 30.3 Å². The van der Waals surface area contributed by atoms with Gasteiger partial charge < -0.3 is 19.9 Å². The Bertz CT molecular complexity index is 2290. The fourth-order valence-corrected chi connectivity index (χ4v) is 6.14. The minimum Gasteiger partial charge on any atom is -0.483 e. The molecule has 14 nitrogen and oxygen atoms in total. The lowest BCUT2D eigenvalue weighted by Crippen LogP contribution is -2.50.